The minimum atomic E-state index is -0.510. The van der Waals surface area contributed by atoms with Gasteiger partial charge in [0.25, 0.3) is 5.91 Å². The van der Waals surface area contributed by atoms with Gasteiger partial charge >= 0.3 is 0 Å². The summed E-state index contributed by atoms with van der Waals surface area (Å²) in [6.45, 7) is 4.58. The molecule has 0 aromatic heterocycles. The molecule has 1 amide bonds. The average Bonchev–Trinajstić information content (AvgIpc) is 3.10. The van der Waals surface area contributed by atoms with Crippen LogP contribution in [0.15, 0.2) is 54.6 Å². The Morgan fingerprint density at radius 2 is 1.59 bits per heavy atom. The lowest BCUT2D eigenvalue weighted by Gasteiger charge is -2.39. The Morgan fingerprint density at radius 1 is 0.926 bits per heavy atom. The number of hydrogen-bond acceptors (Lipinski definition) is 4. The molecule has 1 N–H and O–H groups in total. The number of amides is 1. The number of piperazine rings is 1. The lowest BCUT2D eigenvalue weighted by molar-refractivity contribution is 0.0754. The largest absolute Gasteiger partial charge is 0.390 e. The van der Waals surface area contributed by atoms with E-state index in [2.05, 4.69) is 34.1 Å². The summed E-state index contributed by atoms with van der Waals surface area (Å²) < 4.78 is 0. The zero-order valence-electron chi connectivity index (χ0n) is 15.2. The van der Waals surface area contributed by atoms with Crippen molar-refractivity contribution in [2.75, 3.05) is 44.2 Å². The van der Waals surface area contributed by atoms with Crippen LogP contribution in [0.4, 0.5) is 5.69 Å². The molecular weight excluding hydrogens is 362 g/mol. The van der Waals surface area contributed by atoms with Crippen molar-refractivity contribution in [1.82, 2.24) is 9.80 Å². The number of rotatable bonds is 3. The summed E-state index contributed by atoms with van der Waals surface area (Å²) in [5, 5.41) is 11.2. The minimum Gasteiger partial charge on any atom is -0.390 e. The second-order valence-corrected chi connectivity index (χ2v) is 7.65. The van der Waals surface area contributed by atoms with Crippen LogP contribution in [0.2, 0.25) is 5.02 Å². The normalized spacial score (nSPS) is 23.6. The van der Waals surface area contributed by atoms with Crippen molar-refractivity contribution in [2.45, 2.75) is 12.1 Å². The topological polar surface area (TPSA) is 47.0 Å². The molecule has 27 heavy (non-hydrogen) atoms. The first-order valence-corrected chi connectivity index (χ1v) is 9.76. The van der Waals surface area contributed by atoms with E-state index in [0.717, 1.165) is 26.2 Å². The summed E-state index contributed by atoms with van der Waals surface area (Å²) in [5.74, 6) is -0.0452. The molecule has 2 aromatic rings. The number of likely N-dealkylation sites (tertiary alicyclic amines) is 1. The predicted molar refractivity (Wildman–Crippen MR) is 107 cm³/mol. The van der Waals surface area contributed by atoms with Gasteiger partial charge in [0.05, 0.1) is 12.1 Å². The molecule has 0 spiro atoms. The summed E-state index contributed by atoms with van der Waals surface area (Å²) in [6, 6.07) is 17.3. The predicted octanol–water partition coefficient (Wildman–Crippen LogP) is 2.35. The Morgan fingerprint density at radius 3 is 2.26 bits per heavy atom. The summed E-state index contributed by atoms with van der Waals surface area (Å²) >= 11 is 5.90. The van der Waals surface area contributed by atoms with Crippen molar-refractivity contribution in [3.63, 3.8) is 0 Å². The number of carbonyl (C=O) groups excluding carboxylic acids is 1. The summed E-state index contributed by atoms with van der Waals surface area (Å²) in [6.07, 6.45) is -0.510. The molecule has 2 saturated heterocycles. The van der Waals surface area contributed by atoms with Crippen LogP contribution in [-0.2, 0) is 0 Å². The molecule has 2 aromatic carbocycles. The number of carbonyl (C=O) groups is 1. The van der Waals surface area contributed by atoms with Crippen molar-refractivity contribution < 1.29 is 9.90 Å². The maximum atomic E-state index is 12.7. The maximum absolute atomic E-state index is 12.7. The number of aliphatic hydroxyl groups excluding tert-OH is 1. The highest BCUT2D eigenvalue weighted by molar-refractivity contribution is 6.30. The molecule has 0 radical (unpaired) electrons. The van der Waals surface area contributed by atoms with Crippen molar-refractivity contribution in [2.24, 2.45) is 0 Å². The maximum Gasteiger partial charge on any atom is 0.253 e. The van der Waals surface area contributed by atoms with Crippen LogP contribution in [0.3, 0.4) is 0 Å². The van der Waals surface area contributed by atoms with Gasteiger partial charge in [-0.1, -0.05) is 29.8 Å². The third-order valence-corrected chi connectivity index (χ3v) is 5.79. The second kappa shape index (κ2) is 7.89. The molecule has 2 aliphatic rings. The zero-order chi connectivity index (χ0) is 18.8. The molecule has 0 aliphatic carbocycles. The average molecular weight is 386 g/mol. The first kappa shape index (κ1) is 18.3. The van der Waals surface area contributed by atoms with Gasteiger partial charge in [0.2, 0.25) is 0 Å². The van der Waals surface area contributed by atoms with Crippen LogP contribution in [0.5, 0.6) is 0 Å². The van der Waals surface area contributed by atoms with Crippen LogP contribution in [0.1, 0.15) is 10.4 Å². The fraction of sp³-hybridized carbons (Fsp3) is 0.381. The van der Waals surface area contributed by atoms with Crippen molar-refractivity contribution in [3.05, 3.63) is 65.2 Å². The second-order valence-electron chi connectivity index (χ2n) is 7.21. The van der Waals surface area contributed by atoms with Crippen molar-refractivity contribution >= 4 is 23.2 Å². The summed E-state index contributed by atoms with van der Waals surface area (Å²) in [4.78, 5) is 19.2. The molecule has 2 heterocycles. The summed E-state index contributed by atoms with van der Waals surface area (Å²) in [7, 11) is 0. The van der Waals surface area contributed by atoms with Gasteiger partial charge in [0.1, 0.15) is 0 Å². The number of benzene rings is 2. The highest BCUT2D eigenvalue weighted by Crippen LogP contribution is 2.23. The van der Waals surface area contributed by atoms with Gasteiger partial charge in [-0.2, -0.15) is 0 Å². The molecule has 4 rings (SSSR count). The van der Waals surface area contributed by atoms with Gasteiger partial charge in [-0.25, -0.2) is 0 Å². The molecule has 0 bridgehead atoms. The smallest absolute Gasteiger partial charge is 0.253 e. The molecule has 142 valence electrons. The van der Waals surface area contributed by atoms with Gasteiger partial charge < -0.3 is 14.9 Å². The van der Waals surface area contributed by atoms with Crippen LogP contribution >= 0.6 is 11.6 Å². The number of nitrogens with zero attached hydrogens (tertiary/aromatic N) is 3. The third kappa shape index (κ3) is 3.95. The van der Waals surface area contributed by atoms with Crippen LogP contribution in [0.25, 0.3) is 0 Å². The lowest BCUT2D eigenvalue weighted by atomic mass is 10.1. The fourth-order valence-electron chi connectivity index (χ4n) is 4.02. The highest BCUT2D eigenvalue weighted by Gasteiger charge is 2.38. The first-order chi connectivity index (χ1) is 13.1. The number of β-amino-alcohol motifs (C(OH)–C–C–N with tert-alkyl or cyclic N) is 1. The summed E-state index contributed by atoms with van der Waals surface area (Å²) in [5.41, 5.74) is 1.85. The fourth-order valence-corrected chi connectivity index (χ4v) is 4.15. The van der Waals surface area contributed by atoms with Gasteiger partial charge in [-0.15, -0.1) is 0 Å². The Bertz CT molecular complexity index is 776. The SMILES string of the molecule is O=C(c1ccc(Cl)cc1)N1CC(N2CCN(c3ccccc3)CC2)[C@H](O)C1. The van der Waals surface area contributed by atoms with E-state index in [1.807, 2.05) is 6.07 Å². The Hall–Kier alpha value is -2.08. The van der Waals surface area contributed by atoms with E-state index in [1.54, 1.807) is 29.2 Å². The molecule has 2 aliphatic heterocycles. The number of aliphatic hydroxyl groups is 1. The number of anilines is 1. The Kier molecular flexibility index (Phi) is 5.34. The third-order valence-electron chi connectivity index (χ3n) is 5.54. The molecular formula is C21H24ClN3O2. The molecule has 5 nitrogen and oxygen atoms in total. The number of hydrogen-bond donors (Lipinski definition) is 1. The highest BCUT2D eigenvalue weighted by atomic mass is 35.5. The lowest BCUT2D eigenvalue weighted by Crippen LogP contribution is -2.53. The van der Waals surface area contributed by atoms with Crippen LogP contribution in [-0.4, -0.2) is 72.2 Å². The van der Waals surface area contributed by atoms with E-state index in [4.69, 9.17) is 11.6 Å². The Balaban J connectivity index is 1.36. The monoisotopic (exact) mass is 385 g/mol. The van der Waals surface area contributed by atoms with Crippen molar-refractivity contribution in [3.8, 4) is 0 Å². The minimum absolute atomic E-state index is 0.000765. The van der Waals surface area contributed by atoms with E-state index in [9.17, 15) is 9.90 Å². The van der Waals surface area contributed by atoms with Gasteiger partial charge in [0, 0.05) is 55.5 Å². The van der Waals surface area contributed by atoms with Crippen LogP contribution < -0.4 is 4.90 Å². The van der Waals surface area contributed by atoms with Crippen molar-refractivity contribution in [1.29, 1.82) is 0 Å². The first-order valence-electron chi connectivity index (χ1n) is 9.39. The molecule has 0 saturated carbocycles. The Labute approximate surface area is 164 Å². The van der Waals surface area contributed by atoms with Gasteiger partial charge in [0.15, 0.2) is 0 Å². The molecule has 1 unspecified atom stereocenters. The van der Waals surface area contributed by atoms with E-state index < -0.39 is 6.10 Å². The zero-order valence-corrected chi connectivity index (χ0v) is 15.9. The molecule has 6 heteroatoms. The van der Waals surface area contributed by atoms with Gasteiger partial charge in [-0.05, 0) is 36.4 Å². The standard InChI is InChI=1S/C21H24ClN3O2/c22-17-8-6-16(7-9-17)21(27)25-14-19(20(26)15-25)24-12-10-23(11-13-24)18-4-2-1-3-5-18/h1-9,19-20,26H,10-15H2/t19?,20-/m1/s1. The van der Waals surface area contributed by atoms with E-state index >= 15 is 0 Å². The number of halogens is 1. The van der Waals surface area contributed by atoms with E-state index in [-0.39, 0.29) is 11.9 Å². The molecule has 2 fully saturated rings. The van der Waals surface area contributed by atoms with E-state index in [1.165, 1.54) is 5.69 Å². The van der Waals surface area contributed by atoms with E-state index in [0.29, 0.717) is 23.7 Å². The van der Waals surface area contributed by atoms with Crippen LogP contribution in [0, 0.1) is 0 Å². The number of para-hydroxylation sites is 1. The molecule has 2 atom stereocenters. The quantitative estimate of drug-likeness (QED) is 0.881. The van der Waals surface area contributed by atoms with Gasteiger partial charge in [-0.3, -0.25) is 9.69 Å².